The number of carbonyl (C=O) groups excluding carboxylic acids is 1. The molecule has 0 spiro atoms. The van der Waals surface area contributed by atoms with Gasteiger partial charge in [-0.25, -0.2) is 13.8 Å². The smallest absolute Gasteiger partial charge is 0.275 e. The van der Waals surface area contributed by atoms with Gasteiger partial charge in [0.05, 0.1) is 17.9 Å². The van der Waals surface area contributed by atoms with Crippen LogP contribution in [-0.2, 0) is 0 Å². The Balaban J connectivity index is 1.77. The van der Waals surface area contributed by atoms with Crippen molar-refractivity contribution in [2.45, 2.75) is 26.3 Å². The molecule has 1 saturated heterocycles. The molecule has 0 saturated carbocycles. The summed E-state index contributed by atoms with van der Waals surface area (Å²) in [6.45, 7) is 4.82. The first-order chi connectivity index (χ1) is 10.5. The molecule has 1 aliphatic heterocycles. The molecule has 1 aliphatic rings. The van der Waals surface area contributed by atoms with E-state index in [0.717, 1.165) is 24.0 Å². The minimum absolute atomic E-state index is 0.0705. The first-order valence-corrected chi connectivity index (χ1v) is 7.09. The van der Waals surface area contributed by atoms with Gasteiger partial charge >= 0.3 is 0 Å². The van der Waals surface area contributed by atoms with E-state index in [0.29, 0.717) is 19.2 Å². The molecular formula is C15H16F2N4O. The van der Waals surface area contributed by atoms with E-state index in [1.54, 1.807) is 0 Å². The van der Waals surface area contributed by atoms with E-state index < -0.39 is 17.5 Å². The van der Waals surface area contributed by atoms with Crippen LogP contribution in [0.4, 0.5) is 8.78 Å². The molecule has 0 bridgehead atoms. The molecule has 3 heterocycles. The molecule has 2 aromatic heterocycles. The van der Waals surface area contributed by atoms with Crippen LogP contribution < -0.4 is 0 Å². The molecule has 0 N–H and O–H groups in total. The summed E-state index contributed by atoms with van der Waals surface area (Å²) in [5, 5.41) is 4.43. The van der Waals surface area contributed by atoms with Gasteiger partial charge in [-0.3, -0.25) is 9.48 Å². The first-order valence-electron chi connectivity index (χ1n) is 7.09. The van der Waals surface area contributed by atoms with Crippen LogP contribution in [-0.4, -0.2) is 38.7 Å². The normalized spacial score (nSPS) is 18.0. The highest BCUT2D eigenvalue weighted by molar-refractivity contribution is 5.92. The van der Waals surface area contributed by atoms with E-state index >= 15 is 0 Å². The average molecular weight is 306 g/mol. The number of hydrogen-bond donors (Lipinski definition) is 0. The lowest BCUT2D eigenvalue weighted by atomic mass is 10.2. The third kappa shape index (κ3) is 2.58. The number of rotatable bonds is 2. The van der Waals surface area contributed by atoms with Crippen molar-refractivity contribution in [3.8, 4) is 0 Å². The maximum Gasteiger partial charge on any atom is 0.275 e. The fourth-order valence-corrected chi connectivity index (χ4v) is 2.86. The van der Waals surface area contributed by atoms with Crippen LogP contribution in [0.3, 0.4) is 0 Å². The highest BCUT2D eigenvalue weighted by atomic mass is 19.1. The van der Waals surface area contributed by atoms with Crippen LogP contribution in [0.15, 0.2) is 18.3 Å². The van der Waals surface area contributed by atoms with Crippen molar-refractivity contribution in [1.29, 1.82) is 0 Å². The van der Waals surface area contributed by atoms with Crippen molar-refractivity contribution >= 4 is 5.91 Å². The zero-order valence-corrected chi connectivity index (χ0v) is 12.4. The van der Waals surface area contributed by atoms with Crippen LogP contribution in [0.2, 0.25) is 0 Å². The second-order valence-corrected chi connectivity index (χ2v) is 5.55. The number of pyridine rings is 1. The summed E-state index contributed by atoms with van der Waals surface area (Å²) in [4.78, 5) is 17.4. The second-order valence-electron chi connectivity index (χ2n) is 5.55. The van der Waals surface area contributed by atoms with Crippen molar-refractivity contribution in [1.82, 2.24) is 19.7 Å². The molecule has 3 rings (SSSR count). The van der Waals surface area contributed by atoms with E-state index in [1.807, 2.05) is 24.6 Å². The Morgan fingerprint density at radius 3 is 2.73 bits per heavy atom. The molecule has 0 aromatic carbocycles. The molecule has 116 valence electrons. The topological polar surface area (TPSA) is 51.0 Å². The highest BCUT2D eigenvalue weighted by Crippen LogP contribution is 2.24. The molecule has 1 atom stereocenters. The van der Waals surface area contributed by atoms with Crippen LogP contribution in [0.5, 0.6) is 0 Å². The Kier molecular flexibility index (Phi) is 3.64. The molecule has 2 aromatic rings. The quantitative estimate of drug-likeness (QED) is 0.855. The van der Waals surface area contributed by atoms with E-state index in [1.165, 1.54) is 4.90 Å². The van der Waals surface area contributed by atoms with Gasteiger partial charge in [0.15, 0.2) is 11.5 Å². The zero-order chi connectivity index (χ0) is 15.9. The van der Waals surface area contributed by atoms with Crippen LogP contribution in [0.25, 0.3) is 0 Å². The zero-order valence-electron chi connectivity index (χ0n) is 12.4. The number of aromatic nitrogens is 3. The summed E-state index contributed by atoms with van der Waals surface area (Å²) in [7, 11) is 0. The summed E-state index contributed by atoms with van der Waals surface area (Å²) in [5.74, 6) is -2.24. The second kappa shape index (κ2) is 5.47. The fourth-order valence-electron chi connectivity index (χ4n) is 2.86. The monoisotopic (exact) mass is 306 g/mol. The number of aryl methyl sites for hydroxylation is 2. The highest BCUT2D eigenvalue weighted by Gasteiger charge is 2.31. The van der Waals surface area contributed by atoms with E-state index in [4.69, 9.17) is 0 Å². The molecule has 0 aliphatic carbocycles. The average Bonchev–Trinajstić information content (AvgIpc) is 3.04. The van der Waals surface area contributed by atoms with Gasteiger partial charge in [0.25, 0.3) is 5.91 Å². The van der Waals surface area contributed by atoms with Gasteiger partial charge in [0, 0.05) is 24.8 Å². The largest absolute Gasteiger partial charge is 0.335 e. The molecule has 0 unspecified atom stereocenters. The summed E-state index contributed by atoms with van der Waals surface area (Å²) in [6.07, 6.45) is 1.60. The third-order valence-corrected chi connectivity index (χ3v) is 3.85. The van der Waals surface area contributed by atoms with Crippen LogP contribution in [0, 0.1) is 25.5 Å². The van der Waals surface area contributed by atoms with Crippen LogP contribution in [0.1, 0.15) is 34.3 Å². The molecule has 5 nitrogen and oxygen atoms in total. The van der Waals surface area contributed by atoms with Gasteiger partial charge in [0.1, 0.15) is 5.82 Å². The molecule has 0 radical (unpaired) electrons. The Morgan fingerprint density at radius 2 is 2.09 bits per heavy atom. The predicted octanol–water partition coefficient (Wildman–Crippen LogP) is 2.26. The van der Waals surface area contributed by atoms with E-state index in [9.17, 15) is 13.6 Å². The van der Waals surface area contributed by atoms with Gasteiger partial charge in [-0.1, -0.05) is 0 Å². The molecule has 7 heteroatoms. The molecule has 1 fully saturated rings. The Hall–Kier alpha value is -2.31. The number of carbonyl (C=O) groups is 1. The van der Waals surface area contributed by atoms with E-state index in [-0.39, 0.29) is 11.7 Å². The van der Waals surface area contributed by atoms with Gasteiger partial charge < -0.3 is 4.90 Å². The van der Waals surface area contributed by atoms with Crippen molar-refractivity contribution in [3.05, 3.63) is 47.0 Å². The SMILES string of the molecule is Cc1cc(C)n([C@H]2CCN(C(=O)c3ncc(F)cc3F)C2)n1. The summed E-state index contributed by atoms with van der Waals surface area (Å²) in [6, 6.07) is 2.72. The minimum atomic E-state index is -0.931. The van der Waals surface area contributed by atoms with E-state index in [2.05, 4.69) is 10.1 Å². The minimum Gasteiger partial charge on any atom is -0.335 e. The number of amides is 1. The van der Waals surface area contributed by atoms with Gasteiger partial charge in [-0.2, -0.15) is 5.10 Å². The van der Waals surface area contributed by atoms with Gasteiger partial charge in [0.2, 0.25) is 0 Å². The lowest BCUT2D eigenvalue weighted by molar-refractivity contribution is 0.0775. The maximum absolute atomic E-state index is 13.7. The summed E-state index contributed by atoms with van der Waals surface area (Å²) >= 11 is 0. The van der Waals surface area contributed by atoms with Crippen LogP contribution >= 0.6 is 0 Å². The van der Waals surface area contributed by atoms with Crippen molar-refractivity contribution < 1.29 is 13.6 Å². The Labute approximate surface area is 126 Å². The molecular weight excluding hydrogens is 290 g/mol. The molecule has 22 heavy (non-hydrogen) atoms. The third-order valence-electron chi connectivity index (χ3n) is 3.85. The first kappa shape index (κ1) is 14.6. The molecule has 1 amide bonds. The lowest BCUT2D eigenvalue weighted by Gasteiger charge is -2.17. The van der Waals surface area contributed by atoms with Gasteiger partial charge in [-0.15, -0.1) is 0 Å². The number of likely N-dealkylation sites (tertiary alicyclic amines) is 1. The maximum atomic E-state index is 13.7. The Bertz CT molecular complexity index is 728. The lowest BCUT2D eigenvalue weighted by Crippen LogP contribution is -2.31. The van der Waals surface area contributed by atoms with Crippen molar-refractivity contribution in [3.63, 3.8) is 0 Å². The summed E-state index contributed by atoms with van der Waals surface area (Å²) in [5.41, 5.74) is 1.62. The van der Waals surface area contributed by atoms with Gasteiger partial charge in [-0.05, 0) is 26.3 Å². The number of nitrogens with zero attached hydrogens (tertiary/aromatic N) is 4. The number of hydrogen-bond acceptors (Lipinski definition) is 3. The summed E-state index contributed by atoms with van der Waals surface area (Å²) < 4.78 is 28.5. The predicted molar refractivity (Wildman–Crippen MR) is 75.4 cm³/mol. The standard InChI is InChI=1S/C15H16F2N4O/c1-9-5-10(2)21(19-9)12-3-4-20(8-12)15(22)14-13(17)6-11(16)7-18-14/h5-7,12H,3-4,8H2,1-2H3/t12-/m0/s1. The van der Waals surface area contributed by atoms with Crippen molar-refractivity contribution in [2.24, 2.45) is 0 Å². The van der Waals surface area contributed by atoms with Crippen molar-refractivity contribution in [2.75, 3.05) is 13.1 Å². The fraction of sp³-hybridized carbons (Fsp3) is 0.400. The number of halogens is 2. The Morgan fingerprint density at radius 1 is 1.32 bits per heavy atom.